The fourth-order valence-electron chi connectivity index (χ4n) is 1.96. The predicted octanol–water partition coefficient (Wildman–Crippen LogP) is 3.12. The molecule has 1 rings (SSSR count). The molecule has 0 fully saturated rings. The van der Waals surface area contributed by atoms with Crippen LogP contribution in [-0.2, 0) is 4.79 Å². The maximum Gasteiger partial charge on any atom is 0.221 e. The Kier molecular flexibility index (Phi) is 6.73. The zero-order valence-electron chi connectivity index (χ0n) is 13.4. The van der Waals surface area contributed by atoms with Crippen LogP contribution in [-0.4, -0.2) is 19.0 Å². The van der Waals surface area contributed by atoms with Gasteiger partial charge >= 0.3 is 0 Å². The predicted molar refractivity (Wildman–Crippen MR) is 84.8 cm³/mol. The van der Waals surface area contributed by atoms with Crippen LogP contribution in [0.3, 0.4) is 0 Å². The molecular weight excluding hydrogens is 248 g/mol. The molecule has 20 heavy (non-hydrogen) atoms. The molecule has 1 atom stereocenters. The third kappa shape index (κ3) is 5.74. The quantitative estimate of drug-likeness (QED) is 0.803. The van der Waals surface area contributed by atoms with E-state index in [9.17, 15) is 4.79 Å². The number of hydrogen-bond donors (Lipinski definition) is 2. The molecule has 0 aliphatic heterocycles. The standard InChI is InChI=1S/C17H28N2O/c1-12(2)11-19-17(20)8-9-18-15(5)16-7-6-13(3)14(4)10-16/h6-7,10,12,15,18H,8-9,11H2,1-5H3,(H,19,20). The number of carbonyl (C=O) groups is 1. The van der Waals surface area contributed by atoms with Gasteiger partial charge in [-0.1, -0.05) is 32.0 Å². The summed E-state index contributed by atoms with van der Waals surface area (Å²) >= 11 is 0. The van der Waals surface area contributed by atoms with Gasteiger partial charge in [0.15, 0.2) is 0 Å². The smallest absolute Gasteiger partial charge is 0.221 e. The molecule has 0 aliphatic rings. The number of aryl methyl sites for hydroxylation is 2. The van der Waals surface area contributed by atoms with Crippen LogP contribution in [0.25, 0.3) is 0 Å². The van der Waals surface area contributed by atoms with Crippen molar-refractivity contribution in [2.75, 3.05) is 13.1 Å². The summed E-state index contributed by atoms with van der Waals surface area (Å²) in [6, 6.07) is 6.79. The minimum atomic E-state index is 0.124. The molecule has 0 heterocycles. The van der Waals surface area contributed by atoms with Gasteiger partial charge in [0.2, 0.25) is 5.91 Å². The van der Waals surface area contributed by atoms with Gasteiger partial charge in [-0.2, -0.15) is 0 Å². The molecule has 2 N–H and O–H groups in total. The Morgan fingerprint density at radius 2 is 1.85 bits per heavy atom. The van der Waals surface area contributed by atoms with Gasteiger partial charge in [0.05, 0.1) is 0 Å². The monoisotopic (exact) mass is 276 g/mol. The summed E-state index contributed by atoms with van der Waals surface area (Å²) in [6.45, 7) is 12.0. The fraction of sp³-hybridized carbons (Fsp3) is 0.588. The summed E-state index contributed by atoms with van der Waals surface area (Å²) in [5.74, 6) is 0.625. The average Bonchev–Trinajstić information content (AvgIpc) is 2.39. The van der Waals surface area contributed by atoms with Gasteiger partial charge in [0, 0.05) is 25.6 Å². The lowest BCUT2D eigenvalue weighted by molar-refractivity contribution is -0.121. The number of nitrogens with one attached hydrogen (secondary N) is 2. The van der Waals surface area contributed by atoms with Crippen LogP contribution in [0.5, 0.6) is 0 Å². The maximum atomic E-state index is 11.6. The minimum Gasteiger partial charge on any atom is -0.356 e. The Labute approximate surface area is 123 Å². The Morgan fingerprint density at radius 1 is 1.15 bits per heavy atom. The normalized spacial score (nSPS) is 12.5. The SMILES string of the molecule is Cc1ccc(C(C)NCCC(=O)NCC(C)C)cc1C. The number of rotatable bonds is 7. The second-order valence-electron chi connectivity index (χ2n) is 5.97. The molecule has 0 radical (unpaired) electrons. The summed E-state index contributed by atoms with van der Waals surface area (Å²) in [7, 11) is 0. The summed E-state index contributed by atoms with van der Waals surface area (Å²) < 4.78 is 0. The number of benzene rings is 1. The lowest BCUT2D eigenvalue weighted by atomic mass is 10.0. The molecule has 0 spiro atoms. The molecule has 112 valence electrons. The molecule has 0 aliphatic carbocycles. The topological polar surface area (TPSA) is 41.1 Å². The third-order valence-corrected chi connectivity index (χ3v) is 3.54. The summed E-state index contributed by atoms with van der Waals surface area (Å²) in [4.78, 5) is 11.6. The summed E-state index contributed by atoms with van der Waals surface area (Å²) in [5.41, 5.74) is 3.90. The minimum absolute atomic E-state index is 0.124. The van der Waals surface area contributed by atoms with E-state index in [-0.39, 0.29) is 11.9 Å². The maximum absolute atomic E-state index is 11.6. The molecule has 0 saturated carbocycles. The van der Waals surface area contributed by atoms with E-state index in [0.29, 0.717) is 18.9 Å². The van der Waals surface area contributed by atoms with Gasteiger partial charge in [0.25, 0.3) is 0 Å². The molecule has 1 aromatic rings. The lowest BCUT2D eigenvalue weighted by Gasteiger charge is -2.15. The van der Waals surface area contributed by atoms with Crippen molar-refractivity contribution >= 4 is 5.91 Å². The molecule has 1 aromatic carbocycles. The first-order valence-electron chi connectivity index (χ1n) is 7.47. The van der Waals surface area contributed by atoms with Crippen LogP contribution in [0.1, 0.15) is 49.9 Å². The largest absolute Gasteiger partial charge is 0.356 e. The Balaban J connectivity index is 2.34. The Morgan fingerprint density at radius 3 is 2.45 bits per heavy atom. The van der Waals surface area contributed by atoms with Crippen molar-refractivity contribution in [3.8, 4) is 0 Å². The first-order valence-corrected chi connectivity index (χ1v) is 7.47. The summed E-state index contributed by atoms with van der Waals surface area (Å²) in [6.07, 6.45) is 0.530. The zero-order chi connectivity index (χ0) is 15.1. The summed E-state index contributed by atoms with van der Waals surface area (Å²) in [5, 5.41) is 6.34. The second-order valence-corrected chi connectivity index (χ2v) is 5.97. The Bertz CT molecular complexity index is 441. The van der Waals surface area contributed by atoms with E-state index in [1.165, 1.54) is 16.7 Å². The van der Waals surface area contributed by atoms with Crippen LogP contribution in [0.15, 0.2) is 18.2 Å². The van der Waals surface area contributed by atoms with Gasteiger partial charge in [-0.15, -0.1) is 0 Å². The number of amides is 1. The molecule has 1 unspecified atom stereocenters. The zero-order valence-corrected chi connectivity index (χ0v) is 13.4. The molecule has 1 amide bonds. The van der Waals surface area contributed by atoms with E-state index in [0.717, 1.165) is 6.54 Å². The molecule has 0 aromatic heterocycles. The van der Waals surface area contributed by atoms with E-state index in [1.54, 1.807) is 0 Å². The number of hydrogen-bond acceptors (Lipinski definition) is 2. The third-order valence-electron chi connectivity index (χ3n) is 3.54. The van der Waals surface area contributed by atoms with E-state index < -0.39 is 0 Å². The van der Waals surface area contributed by atoms with Crippen molar-refractivity contribution in [2.45, 2.75) is 47.1 Å². The molecule has 3 nitrogen and oxygen atoms in total. The van der Waals surface area contributed by atoms with Crippen molar-refractivity contribution in [3.63, 3.8) is 0 Å². The highest BCUT2D eigenvalue weighted by Gasteiger charge is 2.07. The highest BCUT2D eigenvalue weighted by molar-refractivity contribution is 5.76. The molecule has 0 saturated heterocycles. The van der Waals surface area contributed by atoms with Gasteiger partial charge < -0.3 is 10.6 Å². The van der Waals surface area contributed by atoms with Crippen LogP contribution < -0.4 is 10.6 Å². The van der Waals surface area contributed by atoms with Crippen molar-refractivity contribution in [1.29, 1.82) is 0 Å². The van der Waals surface area contributed by atoms with E-state index in [4.69, 9.17) is 0 Å². The van der Waals surface area contributed by atoms with Gasteiger partial charge in [0.1, 0.15) is 0 Å². The van der Waals surface area contributed by atoms with Gasteiger partial charge in [-0.25, -0.2) is 0 Å². The van der Waals surface area contributed by atoms with Crippen LogP contribution in [0.4, 0.5) is 0 Å². The fourth-order valence-corrected chi connectivity index (χ4v) is 1.96. The molecular formula is C17H28N2O. The Hall–Kier alpha value is -1.35. The van der Waals surface area contributed by atoms with Gasteiger partial charge in [-0.3, -0.25) is 4.79 Å². The van der Waals surface area contributed by atoms with E-state index >= 15 is 0 Å². The average molecular weight is 276 g/mol. The van der Waals surface area contributed by atoms with Crippen LogP contribution in [0.2, 0.25) is 0 Å². The lowest BCUT2D eigenvalue weighted by Crippen LogP contribution is -2.31. The van der Waals surface area contributed by atoms with E-state index in [2.05, 4.69) is 63.5 Å². The van der Waals surface area contributed by atoms with Crippen molar-refractivity contribution in [2.24, 2.45) is 5.92 Å². The van der Waals surface area contributed by atoms with E-state index in [1.807, 2.05) is 0 Å². The highest BCUT2D eigenvalue weighted by atomic mass is 16.1. The van der Waals surface area contributed by atoms with Crippen LogP contribution in [0, 0.1) is 19.8 Å². The molecule has 3 heteroatoms. The first-order chi connectivity index (χ1) is 9.40. The first kappa shape index (κ1) is 16.7. The van der Waals surface area contributed by atoms with Crippen molar-refractivity contribution in [1.82, 2.24) is 10.6 Å². The van der Waals surface area contributed by atoms with Crippen LogP contribution >= 0.6 is 0 Å². The van der Waals surface area contributed by atoms with Crippen molar-refractivity contribution < 1.29 is 4.79 Å². The second kappa shape index (κ2) is 8.05. The molecule has 0 bridgehead atoms. The number of carbonyl (C=O) groups excluding carboxylic acids is 1. The van der Waals surface area contributed by atoms with Crippen molar-refractivity contribution in [3.05, 3.63) is 34.9 Å². The highest BCUT2D eigenvalue weighted by Crippen LogP contribution is 2.16. The van der Waals surface area contributed by atoms with Gasteiger partial charge in [-0.05, 0) is 43.4 Å².